The molecule has 0 aliphatic rings. The highest BCUT2D eigenvalue weighted by Crippen LogP contribution is 2.34. The Bertz CT molecular complexity index is 1610. The molecule has 3 aromatic carbocycles. The summed E-state index contributed by atoms with van der Waals surface area (Å²) in [4.78, 5) is 21.6. The zero-order chi connectivity index (χ0) is 26.9. The number of hydrogen-bond donors (Lipinski definition) is 1. The highest BCUT2D eigenvalue weighted by atomic mass is 79.9. The maximum atomic E-state index is 12.0. The van der Waals surface area contributed by atoms with Crippen LogP contribution in [0.4, 0.5) is 0 Å². The van der Waals surface area contributed by atoms with Crippen LogP contribution in [0, 0.1) is 5.41 Å². The number of hydrogen-bond acceptors (Lipinski definition) is 4. The van der Waals surface area contributed by atoms with E-state index < -0.39 is 11.4 Å². The first-order chi connectivity index (χ1) is 18.2. The molecule has 38 heavy (non-hydrogen) atoms. The fraction of sp³-hybridized carbons (Fsp3) is 0.258. The maximum Gasteiger partial charge on any atom is 0.309 e. The third kappa shape index (κ3) is 5.29. The number of pyridine rings is 1. The van der Waals surface area contributed by atoms with Crippen molar-refractivity contribution in [1.82, 2.24) is 14.5 Å². The van der Waals surface area contributed by atoms with Crippen LogP contribution in [0.3, 0.4) is 0 Å². The van der Waals surface area contributed by atoms with Crippen LogP contribution in [0.5, 0.6) is 5.75 Å². The first-order valence-corrected chi connectivity index (χ1v) is 13.5. The average molecular weight is 573 g/mol. The second-order valence-corrected chi connectivity index (χ2v) is 11.1. The van der Waals surface area contributed by atoms with Gasteiger partial charge >= 0.3 is 5.97 Å². The van der Waals surface area contributed by atoms with Crippen molar-refractivity contribution in [2.75, 3.05) is 0 Å². The van der Waals surface area contributed by atoms with Crippen molar-refractivity contribution in [3.8, 4) is 5.75 Å². The molecule has 1 N–H and O–H groups in total. The van der Waals surface area contributed by atoms with Crippen molar-refractivity contribution in [3.05, 3.63) is 100 Å². The fourth-order valence-electron chi connectivity index (χ4n) is 4.76. The van der Waals surface area contributed by atoms with Gasteiger partial charge in [0, 0.05) is 22.3 Å². The zero-order valence-corrected chi connectivity index (χ0v) is 23.3. The van der Waals surface area contributed by atoms with Crippen LogP contribution in [0.1, 0.15) is 50.3 Å². The van der Waals surface area contributed by atoms with Gasteiger partial charge in [0.1, 0.15) is 18.2 Å². The smallest absolute Gasteiger partial charge is 0.309 e. The second-order valence-electron chi connectivity index (χ2n) is 10.2. The Balaban J connectivity index is 1.50. The zero-order valence-electron chi connectivity index (χ0n) is 21.7. The van der Waals surface area contributed by atoms with Crippen molar-refractivity contribution in [3.63, 3.8) is 0 Å². The van der Waals surface area contributed by atoms with E-state index in [2.05, 4.69) is 45.6 Å². The van der Waals surface area contributed by atoms with Gasteiger partial charge in [0.15, 0.2) is 0 Å². The van der Waals surface area contributed by atoms with Gasteiger partial charge in [-0.05, 0) is 62.2 Å². The molecule has 2 heterocycles. The van der Waals surface area contributed by atoms with Crippen LogP contribution in [0.15, 0.2) is 83.3 Å². The molecular weight excluding hydrogens is 542 g/mol. The van der Waals surface area contributed by atoms with Crippen LogP contribution in [0.2, 0.25) is 0 Å². The first kappa shape index (κ1) is 25.9. The number of rotatable bonds is 9. The summed E-state index contributed by atoms with van der Waals surface area (Å²) in [5, 5.41) is 10.9. The number of carboxylic acids is 1. The van der Waals surface area contributed by atoms with Gasteiger partial charge < -0.3 is 14.4 Å². The Morgan fingerprint density at radius 2 is 1.76 bits per heavy atom. The van der Waals surface area contributed by atoms with E-state index in [9.17, 15) is 9.90 Å². The quantitative estimate of drug-likeness (QED) is 0.197. The molecule has 5 rings (SSSR count). The molecule has 7 heteroatoms. The molecule has 0 radical (unpaired) electrons. The number of benzene rings is 3. The molecular formula is C31H30BrN3O3. The molecule has 0 aliphatic heterocycles. The summed E-state index contributed by atoms with van der Waals surface area (Å²) in [6.45, 7) is 5.96. The monoisotopic (exact) mass is 571 g/mol. The minimum absolute atomic E-state index is 0.0151. The lowest BCUT2D eigenvalue weighted by Crippen LogP contribution is -2.28. The normalized spacial score (nSPS) is 12.6. The minimum atomic E-state index is -0.960. The van der Waals surface area contributed by atoms with Gasteiger partial charge in [-0.3, -0.25) is 4.79 Å². The van der Waals surface area contributed by atoms with Gasteiger partial charge in [0.05, 0.1) is 33.7 Å². The number of aliphatic carboxylic acids is 1. The first-order valence-electron chi connectivity index (χ1n) is 12.7. The molecule has 0 bridgehead atoms. The molecule has 0 saturated heterocycles. The molecule has 5 aromatic rings. The maximum absolute atomic E-state index is 12.0. The van der Waals surface area contributed by atoms with Crippen LogP contribution >= 0.6 is 15.9 Å². The lowest BCUT2D eigenvalue weighted by atomic mass is 9.89. The number of halogens is 1. The average Bonchev–Trinajstić information content (AvgIpc) is 3.25. The lowest BCUT2D eigenvalue weighted by Gasteiger charge is -2.24. The molecule has 0 fully saturated rings. The van der Waals surface area contributed by atoms with E-state index in [0.717, 1.165) is 49.9 Å². The highest BCUT2D eigenvalue weighted by Gasteiger charge is 2.31. The van der Waals surface area contributed by atoms with Crippen molar-refractivity contribution < 1.29 is 14.6 Å². The summed E-state index contributed by atoms with van der Waals surface area (Å²) >= 11 is 3.52. The van der Waals surface area contributed by atoms with E-state index in [4.69, 9.17) is 14.7 Å². The molecule has 6 nitrogen and oxygen atoms in total. The topological polar surface area (TPSA) is 77.2 Å². The van der Waals surface area contributed by atoms with Crippen LogP contribution < -0.4 is 4.74 Å². The lowest BCUT2D eigenvalue weighted by molar-refractivity contribution is -0.146. The molecule has 2 aromatic heterocycles. The van der Waals surface area contributed by atoms with E-state index in [1.807, 2.05) is 60.7 Å². The van der Waals surface area contributed by atoms with Gasteiger partial charge in [-0.1, -0.05) is 59.3 Å². The SMILES string of the molecule is CCC(c1ccc(Br)cc1)n1c(CC(C)(C)C(=O)O)nc2cc(OCc3ccc4ccccc4n3)ccc21. The van der Waals surface area contributed by atoms with E-state index in [-0.39, 0.29) is 6.04 Å². The van der Waals surface area contributed by atoms with Gasteiger partial charge in [-0.2, -0.15) is 0 Å². The third-order valence-electron chi connectivity index (χ3n) is 6.91. The Hall–Kier alpha value is -3.71. The number of carboxylic acid groups (broad SMARTS) is 1. The Morgan fingerprint density at radius 3 is 2.50 bits per heavy atom. The van der Waals surface area contributed by atoms with E-state index in [1.54, 1.807) is 13.8 Å². The number of fused-ring (bicyclic) bond motifs is 2. The molecule has 0 spiro atoms. The summed E-state index contributed by atoms with van der Waals surface area (Å²) < 4.78 is 9.32. The van der Waals surface area contributed by atoms with E-state index in [0.29, 0.717) is 18.8 Å². The predicted octanol–water partition coefficient (Wildman–Crippen LogP) is 7.58. The number of carbonyl (C=O) groups is 1. The number of aromatic nitrogens is 3. The summed E-state index contributed by atoms with van der Waals surface area (Å²) in [5.74, 6) is 0.591. The number of para-hydroxylation sites is 1. The molecule has 1 unspecified atom stereocenters. The van der Waals surface area contributed by atoms with Crippen molar-refractivity contribution >= 4 is 43.8 Å². The molecule has 0 aliphatic carbocycles. The van der Waals surface area contributed by atoms with E-state index in [1.165, 1.54) is 0 Å². The minimum Gasteiger partial charge on any atom is -0.487 e. The summed E-state index contributed by atoms with van der Waals surface area (Å²) in [6.07, 6.45) is 1.14. The largest absolute Gasteiger partial charge is 0.487 e. The van der Waals surface area contributed by atoms with Gasteiger partial charge in [-0.15, -0.1) is 0 Å². The fourth-order valence-corrected chi connectivity index (χ4v) is 5.02. The molecule has 0 saturated carbocycles. The van der Waals surface area contributed by atoms with Crippen LogP contribution in [-0.4, -0.2) is 25.6 Å². The predicted molar refractivity (Wildman–Crippen MR) is 154 cm³/mol. The summed E-state index contributed by atoms with van der Waals surface area (Å²) in [5.41, 5.74) is 3.70. The molecule has 194 valence electrons. The van der Waals surface area contributed by atoms with Crippen molar-refractivity contribution in [1.29, 1.82) is 0 Å². The Kier molecular flexibility index (Phi) is 7.21. The van der Waals surface area contributed by atoms with E-state index >= 15 is 0 Å². The van der Waals surface area contributed by atoms with Gasteiger partial charge in [-0.25, -0.2) is 9.97 Å². The highest BCUT2D eigenvalue weighted by molar-refractivity contribution is 9.10. The van der Waals surface area contributed by atoms with Crippen molar-refractivity contribution in [2.24, 2.45) is 5.41 Å². The third-order valence-corrected chi connectivity index (χ3v) is 7.44. The second kappa shape index (κ2) is 10.6. The van der Waals surface area contributed by atoms with Crippen LogP contribution in [0.25, 0.3) is 21.9 Å². The molecule has 0 amide bonds. The van der Waals surface area contributed by atoms with Gasteiger partial charge in [0.2, 0.25) is 0 Å². The standard InChI is InChI=1S/C31H30BrN3O3/c1-4-27(21-9-12-22(32)13-10-21)35-28-16-15-24(17-26(28)34-29(35)18-31(2,3)30(36)37)38-19-23-14-11-20-7-5-6-8-25(20)33-23/h5-17,27H,4,18-19H2,1-3H3,(H,36,37). The summed E-state index contributed by atoms with van der Waals surface area (Å²) in [7, 11) is 0. The Morgan fingerprint density at radius 1 is 1.00 bits per heavy atom. The van der Waals surface area contributed by atoms with Gasteiger partial charge in [0.25, 0.3) is 0 Å². The molecule has 1 atom stereocenters. The number of imidazole rings is 1. The van der Waals surface area contributed by atoms with Crippen molar-refractivity contribution in [2.45, 2.75) is 46.3 Å². The summed E-state index contributed by atoms with van der Waals surface area (Å²) in [6, 6.07) is 26.2. The Labute approximate surface area is 230 Å². The number of nitrogens with zero attached hydrogens (tertiary/aromatic N) is 3. The van der Waals surface area contributed by atoms with Crippen LogP contribution in [-0.2, 0) is 17.8 Å². The number of ether oxygens (including phenoxy) is 1.